The Bertz CT molecular complexity index is 83.6. The van der Waals surface area contributed by atoms with Gasteiger partial charge in [0.2, 0.25) is 0 Å². The third-order valence-corrected chi connectivity index (χ3v) is 1.41. The van der Waals surface area contributed by atoms with Crippen molar-refractivity contribution < 1.29 is 9.47 Å². The van der Waals surface area contributed by atoms with Crippen LogP contribution >= 0.6 is 0 Å². The van der Waals surface area contributed by atoms with Crippen LogP contribution in [-0.4, -0.2) is 26.4 Å². The van der Waals surface area contributed by atoms with Crippen LogP contribution in [0.2, 0.25) is 0 Å². The van der Waals surface area contributed by atoms with Gasteiger partial charge in [-0.3, -0.25) is 0 Å². The Kier molecular flexibility index (Phi) is 7.52. The highest BCUT2D eigenvalue weighted by Gasteiger charge is 2.02. The van der Waals surface area contributed by atoms with Crippen LogP contribution < -0.4 is 0 Å². The summed E-state index contributed by atoms with van der Waals surface area (Å²) in [5, 5.41) is 0. The van der Waals surface area contributed by atoms with E-state index < -0.39 is 0 Å². The summed E-state index contributed by atoms with van der Waals surface area (Å²) in [6, 6.07) is 0. The first-order chi connectivity index (χ1) is 5.35. The standard InChI is InChI=1S/C9H18O2/c1-4-9(7-10-5-2)8-11-6-3/h4,9H,1,5-8H2,2-3H3. The van der Waals surface area contributed by atoms with Crippen LogP contribution in [0.25, 0.3) is 0 Å². The zero-order valence-electron chi connectivity index (χ0n) is 7.51. The minimum Gasteiger partial charge on any atom is -0.381 e. The van der Waals surface area contributed by atoms with E-state index in [1.165, 1.54) is 0 Å². The van der Waals surface area contributed by atoms with Gasteiger partial charge in [-0.25, -0.2) is 0 Å². The SMILES string of the molecule is C=CC(COCC)COCC. The van der Waals surface area contributed by atoms with Crippen LogP contribution in [0.1, 0.15) is 13.8 Å². The van der Waals surface area contributed by atoms with Gasteiger partial charge in [0.25, 0.3) is 0 Å². The molecule has 0 fully saturated rings. The van der Waals surface area contributed by atoms with E-state index in [0.717, 1.165) is 26.4 Å². The molecule has 2 heteroatoms. The van der Waals surface area contributed by atoms with Crippen molar-refractivity contribution in [3.8, 4) is 0 Å². The Balaban J connectivity index is 3.33. The smallest absolute Gasteiger partial charge is 0.0550 e. The molecule has 0 atom stereocenters. The summed E-state index contributed by atoms with van der Waals surface area (Å²) in [6.07, 6.45) is 1.88. The molecule has 2 nitrogen and oxygen atoms in total. The Labute approximate surface area is 69.2 Å². The molecule has 0 unspecified atom stereocenters. The maximum absolute atomic E-state index is 5.23. The molecule has 0 aromatic carbocycles. The average molecular weight is 158 g/mol. The van der Waals surface area contributed by atoms with Crippen molar-refractivity contribution in [1.29, 1.82) is 0 Å². The molecule has 0 aliphatic carbocycles. The second-order valence-corrected chi connectivity index (χ2v) is 2.31. The molecular formula is C9H18O2. The number of ether oxygens (including phenoxy) is 2. The molecule has 0 aromatic heterocycles. The molecule has 0 rings (SSSR count). The molecule has 0 spiro atoms. The highest BCUT2D eigenvalue weighted by molar-refractivity contribution is 4.78. The minimum absolute atomic E-state index is 0.342. The van der Waals surface area contributed by atoms with Gasteiger partial charge in [0, 0.05) is 19.1 Å². The van der Waals surface area contributed by atoms with Gasteiger partial charge in [-0.1, -0.05) is 6.08 Å². The summed E-state index contributed by atoms with van der Waals surface area (Å²) in [6.45, 7) is 10.6. The maximum Gasteiger partial charge on any atom is 0.0550 e. The van der Waals surface area contributed by atoms with Crippen molar-refractivity contribution in [1.82, 2.24) is 0 Å². The quantitative estimate of drug-likeness (QED) is 0.526. The summed E-state index contributed by atoms with van der Waals surface area (Å²) in [5.74, 6) is 0.342. The third-order valence-electron chi connectivity index (χ3n) is 1.41. The molecule has 66 valence electrons. The largest absolute Gasteiger partial charge is 0.381 e. The Morgan fingerprint density at radius 1 is 1.18 bits per heavy atom. The molecule has 0 aliphatic rings. The van der Waals surface area contributed by atoms with E-state index in [9.17, 15) is 0 Å². The Hall–Kier alpha value is -0.340. The van der Waals surface area contributed by atoms with Crippen molar-refractivity contribution in [2.45, 2.75) is 13.8 Å². The fraction of sp³-hybridized carbons (Fsp3) is 0.778. The van der Waals surface area contributed by atoms with Gasteiger partial charge >= 0.3 is 0 Å². The predicted molar refractivity (Wildman–Crippen MR) is 46.7 cm³/mol. The molecule has 0 heterocycles. The first kappa shape index (κ1) is 10.7. The van der Waals surface area contributed by atoms with E-state index in [-0.39, 0.29) is 0 Å². The molecule has 0 saturated heterocycles. The van der Waals surface area contributed by atoms with Crippen LogP contribution in [0.15, 0.2) is 12.7 Å². The third kappa shape index (κ3) is 6.07. The lowest BCUT2D eigenvalue weighted by atomic mass is 10.2. The van der Waals surface area contributed by atoms with Crippen molar-refractivity contribution in [3.63, 3.8) is 0 Å². The van der Waals surface area contributed by atoms with Gasteiger partial charge in [0.05, 0.1) is 13.2 Å². The predicted octanol–water partition coefficient (Wildman–Crippen LogP) is 1.86. The summed E-state index contributed by atoms with van der Waals surface area (Å²) >= 11 is 0. The fourth-order valence-corrected chi connectivity index (χ4v) is 0.723. The lowest BCUT2D eigenvalue weighted by Crippen LogP contribution is -2.13. The highest BCUT2D eigenvalue weighted by Crippen LogP contribution is 1.99. The van der Waals surface area contributed by atoms with Gasteiger partial charge in [-0.15, -0.1) is 6.58 Å². The minimum atomic E-state index is 0.342. The summed E-state index contributed by atoms with van der Waals surface area (Å²) in [7, 11) is 0. The molecule has 0 amide bonds. The second kappa shape index (κ2) is 7.76. The van der Waals surface area contributed by atoms with E-state index in [2.05, 4.69) is 6.58 Å². The molecule has 0 aromatic rings. The zero-order valence-corrected chi connectivity index (χ0v) is 7.51. The molecule has 0 saturated carbocycles. The van der Waals surface area contributed by atoms with E-state index >= 15 is 0 Å². The van der Waals surface area contributed by atoms with Crippen LogP contribution in [0.4, 0.5) is 0 Å². The van der Waals surface area contributed by atoms with Crippen molar-refractivity contribution >= 4 is 0 Å². The summed E-state index contributed by atoms with van der Waals surface area (Å²) in [4.78, 5) is 0. The van der Waals surface area contributed by atoms with Crippen molar-refractivity contribution in [3.05, 3.63) is 12.7 Å². The van der Waals surface area contributed by atoms with Crippen molar-refractivity contribution in [2.24, 2.45) is 5.92 Å². The Morgan fingerprint density at radius 2 is 1.64 bits per heavy atom. The van der Waals surface area contributed by atoms with E-state index in [0.29, 0.717) is 5.92 Å². The van der Waals surface area contributed by atoms with Crippen LogP contribution in [0.3, 0.4) is 0 Å². The molecule has 0 aliphatic heterocycles. The first-order valence-electron chi connectivity index (χ1n) is 4.13. The average Bonchev–Trinajstić information content (AvgIpc) is 2.05. The van der Waals surface area contributed by atoms with Crippen LogP contribution in [-0.2, 0) is 9.47 Å². The lowest BCUT2D eigenvalue weighted by molar-refractivity contribution is 0.0655. The molecule has 0 radical (unpaired) electrons. The van der Waals surface area contributed by atoms with Gasteiger partial charge in [-0.2, -0.15) is 0 Å². The number of rotatable bonds is 7. The van der Waals surface area contributed by atoms with Gasteiger partial charge in [0.15, 0.2) is 0 Å². The Morgan fingerprint density at radius 3 is 1.91 bits per heavy atom. The monoisotopic (exact) mass is 158 g/mol. The topological polar surface area (TPSA) is 18.5 Å². The highest BCUT2D eigenvalue weighted by atomic mass is 16.5. The van der Waals surface area contributed by atoms with Gasteiger partial charge in [-0.05, 0) is 13.8 Å². The second-order valence-electron chi connectivity index (χ2n) is 2.31. The van der Waals surface area contributed by atoms with Gasteiger partial charge < -0.3 is 9.47 Å². The molecule has 0 bridgehead atoms. The summed E-state index contributed by atoms with van der Waals surface area (Å²) < 4.78 is 10.5. The molecular weight excluding hydrogens is 140 g/mol. The summed E-state index contributed by atoms with van der Waals surface area (Å²) in [5.41, 5.74) is 0. The number of hydrogen-bond acceptors (Lipinski definition) is 2. The fourth-order valence-electron chi connectivity index (χ4n) is 0.723. The first-order valence-corrected chi connectivity index (χ1v) is 4.13. The maximum atomic E-state index is 5.23. The van der Waals surface area contributed by atoms with Crippen LogP contribution in [0, 0.1) is 5.92 Å². The van der Waals surface area contributed by atoms with E-state index in [1.54, 1.807) is 0 Å². The normalized spacial score (nSPS) is 10.5. The lowest BCUT2D eigenvalue weighted by Gasteiger charge is -2.11. The van der Waals surface area contributed by atoms with E-state index in [1.807, 2.05) is 19.9 Å². The van der Waals surface area contributed by atoms with Gasteiger partial charge in [0.1, 0.15) is 0 Å². The molecule has 11 heavy (non-hydrogen) atoms. The van der Waals surface area contributed by atoms with Crippen LogP contribution in [0.5, 0.6) is 0 Å². The van der Waals surface area contributed by atoms with Crippen molar-refractivity contribution in [2.75, 3.05) is 26.4 Å². The zero-order chi connectivity index (χ0) is 8.53. The van der Waals surface area contributed by atoms with E-state index in [4.69, 9.17) is 9.47 Å². The molecule has 0 N–H and O–H groups in total. The number of hydrogen-bond donors (Lipinski definition) is 0.